The van der Waals surface area contributed by atoms with Crippen LogP contribution in [0.5, 0.6) is 0 Å². The molecule has 1 saturated heterocycles. The van der Waals surface area contributed by atoms with Gasteiger partial charge in [0.05, 0.1) is 0 Å². The Labute approximate surface area is 140 Å². The summed E-state index contributed by atoms with van der Waals surface area (Å²) in [6.07, 6.45) is 4.37. The lowest BCUT2D eigenvalue weighted by atomic mass is 9.90. The fourth-order valence-corrected chi connectivity index (χ4v) is 3.02. The Morgan fingerprint density at radius 2 is 1.77 bits per heavy atom. The maximum Gasteiger partial charge on any atom is 0.239 e. The summed E-state index contributed by atoms with van der Waals surface area (Å²) in [7, 11) is 0. The molecule has 1 fully saturated rings. The number of anilines is 1. The molecule has 0 saturated carbocycles. The lowest BCUT2D eigenvalue weighted by Gasteiger charge is -2.30. The second-order valence-corrected chi connectivity index (χ2v) is 7.21. The van der Waals surface area contributed by atoms with E-state index in [1.165, 1.54) is 0 Å². The molecule has 0 bridgehead atoms. The van der Waals surface area contributed by atoms with Crippen LogP contribution in [-0.2, 0) is 9.59 Å². The van der Waals surface area contributed by atoms with E-state index in [1.807, 2.05) is 29.2 Å². The molecular formula is C17H23BrN2O2. The highest BCUT2D eigenvalue weighted by atomic mass is 79.9. The highest BCUT2D eigenvalue weighted by Gasteiger charge is 2.39. The van der Waals surface area contributed by atoms with Crippen molar-refractivity contribution in [2.45, 2.75) is 39.5 Å². The number of hydrogen-bond acceptors (Lipinski definition) is 2. The van der Waals surface area contributed by atoms with Crippen LogP contribution >= 0.6 is 15.9 Å². The number of halogens is 1. The third-order valence-corrected chi connectivity index (χ3v) is 4.57. The number of amides is 2. The van der Waals surface area contributed by atoms with Crippen LogP contribution in [0.25, 0.3) is 0 Å². The van der Waals surface area contributed by atoms with Crippen molar-refractivity contribution >= 4 is 33.4 Å². The fraction of sp³-hybridized carbons (Fsp3) is 0.529. The molecule has 22 heavy (non-hydrogen) atoms. The van der Waals surface area contributed by atoms with Gasteiger partial charge in [0.15, 0.2) is 0 Å². The molecular weight excluding hydrogens is 344 g/mol. The van der Waals surface area contributed by atoms with Gasteiger partial charge < -0.3 is 10.2 Å². The van der Waals surface area contributed by atoms with Crippen molar-refractivity contribution in [2.75, 3.05) is 18.4 Å². The first-order chi connectivity index (χ1) is 10.4. The summed E-state index contributed by atoms with van der Waals surface area (Å²) in [6.45, 7) is 4.92. The minimum Gasteiger partial charge on any atom is -0.342 e. The SMILES string of the molecule is CC(C)(C(=O)Nc1cccc(Br)c1)C(=O)N1CCCCCC1. The third-order valence-electron chi connectivity index (χ3n) is 4.08. The molecule has 0 atom stereocenters. The van der Waals surface area contributed by atoms with Crippen molar-refractivity contribution in [3.8, 4) is 0 Å². The van der Waals surface area contributed by atoms with Crippen LogP contribution in [-0.4, -0.2) is 29.8 Å². The molecule has 2 rings (SSSR count). The number of hydrogen-bond donors (Lipinski definition) is 1. The maximum absolute atomic E-state index is 12.7. The van der Waals surface area contributed by atoms with Gasteiger partial charge in [0.1, 0.15) is 5.41 Å². The molecule has 0 spiro atoms. The minimum absolute atomic E-state index is 0.0816. The zero-order chi connectivity index (χ0) is 16.2. The van der Waals surface area contributed by atoms with Gasteiger partial charge in [-0.2, -0.15) is 0 Å². The Kier molecular flexibility index (Phi) is 5.62. The standard InChI is InChI=1S/C17H23BrN2O2/c1-17(2,16(22)20-10-5-3-4-6-11-20)15(21)19-14-9-7-8-13(18)12-14/h7-9,12H,3-6,10-11H2,1-2H3,(H,19,21). The smallest absolute Gasteiger partial charge is 0.239 e. The van der Waals surface area contributed by atoms with E-state index in [0.29, 0.717) is 5.69 Å². The molecule has 0 unspecified atom stereocenters. The summed E-state index contributed by atoms with van der Waals surface area (Å²) in [6, 6.07) is 7.38. The number of nitrogens with zero attached hydrogens (tertiary/aromatic N) is 1. The monoisotopic (exact) mass is 366 g/mol. The van der Waals surface area contributed by atoms with E-state index in [4.69, 9.17) is 0 Å². The normalized spacial score (nSPS) is 16.0. The Balaban J connectivity index is 2.07. The predicted molar refractivity (Wildman–Crippen MR) is 91.6 cm³/mol. The van der Waals surface area contributed by atoms with E-state index in [2.05, 4.69) is 21.2 Å². The Bertz CT molecular complexity index is 549. The first-order valence-electron chi connectivity index (χ1n) is 7.77. The molecule has 1 N–H and O–H groups in total. The van der Waals surface area contributed by atoms with Gasteiger partial charge in [-0.15, -0.1) is 0 Å². The average Bonchev–Trinajstić information content (AvgIpc) is 2.75. The van der Waals surface area contributed by atoms with E-state index in [-0.39, 0.29) is 11.8 Å². The van der Waals surface area contributed by atoms with Gasteiger partial charge in [-0.05, 0) is 44.9 Å². The van der Waals surface area contributed by atoms with Crippen LogP contribution in [0, 0.1) is 5.41 Å². The first kappa shape index (κ1) is 17.0. The van der Waals surface area contributed by atoms with Crippen LogP contribution < -0.4 is 5.32 Å². The summed E-state index contributed by atoms with van der Waals surface area (Å²) in [5, 5.41) is 2.84. The lowest BCUT2D eigenvalue weighted by molar-refractivity contribution is -0.146. The lowest BCUT2D eigenvalue weighted by Crippen LogP contribution is -2.47. The van der Waals surface area contributed by atoms with Crippen LogP contribution in [0.15, 0.2) is 28.7 Å². The first-order valence-corrected chi connectivity index (χ1v) is 8.57. The summed E-state index contributed by atoms with van der Waals surface area (Å²) in [4.78, 5) is 27.1. The van der Waals surface area contributed by atoms with Gasteiger partial charge >= 0.3 is 0 Å². The Morgan fingerprint density at radius 3 is 2.36 bits per heavy atom. The summed E-state index contributed by atoms with van der Waals surface area (Å²) in [5.74, 6) is -0.346. The van der Waals surface area contributed by atoms with Crippen LogP contribution in [0.1, 0.15) is 39.5 Å². The Hall–Kier alpha value is -1.36. The molecule has 1 aliphatic rings. The van der Waals surface area contributed by atoms with Gasteiger partial charge in [-0.1, -0.05) is 34.8 Å². The molecule has 0 aromatic heterocycles. The molecule has 2 amide bonds. The molecule has 1 aromatic rings. The summed E-state index contributed by atoms with van der Waals surface area (Å²) < 4.78 is 0.891. The number of rotatable bonds is 3. The van der Waals surface area contributed by atoms with Crippen molar-refractivity contribution < 1.29 is 9.59 Å². The largest absolute Gasteiger partial charge is 0.342 e. The quantitative estimate of drug-likeness (QED) is 0.826. The second kappa shape index (κ2) is 7.27. The van der Waals surface area contributed by atoms with Crippen LogP contribution in [0.4, 0.5) is 5.69 Å². The molecule has 0 radical (unpaired) electrons. The van der Waals surface area contributed by atoms with E-state index in [9.17, 15) is 9.59 Å². The molecule has 1 aliphatic heterocycles. The van der Waals surface area contributed by atoms with Crippen LogP contribution in [0.3, 0.4) is 0 Å². The van der Waals surface area contributed by atoms with Crippen molar-refractivity contribution in [3.05, 3.63) is 28.7 Å². The Morgan fingerprint density at radius 1 is 1.14 bits per heavy atom. The number of carbonyl (C=O) groups excluding carboxylic acids is 2. The van der Waals surface area contributed by atoms with Crippen molar-refractivity contribution in [2.24, 2.45) is 5.41 Å². The summed E-state index contributed by atoms with van der Waals surface area (Å²) >= 11 is 3.38. The van der Waals surface area contributed by atoms with Crippen LogP contribution in [0.2, 0.25) is 0 Å². The van der Waals surface area contributed by atoms with Gasteiger partial charge in [0.2, 0.25) is 11.8 Å². The topological polar surface area (TPSA) is 49.4 Å². The van der Waals surface area contributed by atoms with Crippen molar-refractivity contribution in [3.63, 3.8) is 0 Å². The maximum atomic E-state index is 12.7. The van der Waals surface area contributed by atoms with Gasteiger partial charge in [-0.3, -0.25) is 9.59 Å². The molecule has 4 nitrogen and oxygen atoms in total. The van der Waals surface area contributed by atoms with E-state index >= 15 is 0 Å². The molecule has 120 valence electrons. The van der Waals surface area contributed by atoms with E-state index in [0.717, 1.165) is 43.2 Å². The zero-order valence-corrected chi connectivity index (χ0v) is 14.8. The minimum atomic E-state index is -1.06. The van der Waals surface area contributed by atoms with Gasteiger partial charge in [-0.25, -0.2) is 0 Å². The average molecular weight is 367 g/mol. The summed E-state index contributed by atoms with van der Waals surface area (Å²) in [5.41, 5.74) is -0.372. The van der Waals surface area contributed by atoms with Crippen molar-refractivity contribution in [1.82, 2.24) is 4.90 Å². The van der Waals surface area contributed by atoms with Crippen molar-refractivity contribution in [1.29, 1.82) is 0 Å². The molecule has 1 heterocycles. The number of carbonyl (C=O) groups is 2. The molecule has 5 heteroatoms. The third kappa shape index (κ3) is 4.09. The van der Waals surface area contributed by atoms with Gasteiger partial charge in [0, 0.05) is 23.2 Å². The highest BCUT2D eigenvalue weighted by Crippen LogP contribution is 2.25. The number of benzene rings is 1. The highest BCUT2D eigenvalue weighted by molar-refractivity contribution is 9.10. The molecule has 1 aromatic carbocycles. The second-order valence-electron chi connectivity index (χ2n) is 6.30. The predicted octanol–water partition coefficient (Wildman–Crippen LogP) is 3.82. The molecule has 0 aliphatic carbocycles. The zero-order valence-electron chi connectivity index (χ0n) is 13.2. The number of nitrogens with one attached hydrogen (secondary N) is 1. The van der Waals surface area contributed by atoms with Gasteiger partial charge in [0.25, 0.3) is 0 Å². The fourth-order valence-electron chi connectivity index (χ4n) is 2.62. The van der Waals surface area contributed by atoms with E-state index in [1.54, 1.807) is 13.8 Å². The van der Waals surface area contributed by atoms with E-state index < -0.39 is 5.41 Å². The number of likely N-dealkylation sites (tertiary alicyclic amines) is 1.